The van der Waals surface area contributed by atoms with Gasteiger partial charge in [-0.1, -0.05) is 6.07 Å². The number of aromatic nitrogens is 1. The largest absolute Gasteiger partial charge is 0.333 e. The Labute approximate surface area is 97.0 Å². The van der Waals surface area contributed by atoms with Crippen molar-refractivity contribution in [3.05, 3.63) is 34.7 Å². The standard InChI is InChI=1S/C14H18N2/c1-10-7-8-12-9-11-5-3-4-6-13(11)16(2)14(12)15-10/h7-8H,3-6,9H2,1-2H3. The lowest BCUT2D eigenvalue weighted by Gasteiger charge is -2.34. The third-order valence-corrected chi connectivity index (χ3v) is 3.77. The first-order valence-corrected chi connectivity index (χ1v) is 6.17. The van der Waals surface area contributed by atoms with Gasteiger partial charge in [-0.3, -0.25) is 0 Å². The zero-order valence-corrected chi connectivity index (χ0v) is 10.1. The van der Waals surface area contributed by atoms with Crippen LogP contribution in [0.15, 0.2) is 23.4 Å². The van der Waals surface area contributed by atoms with Gasteiger partial charge in [-0.15, -0.1) is 0 Å². The predicted molar refractivity (Wildman–Crippen MR) is 66.6 cm³/mol. The molecule has 1 aromatic rings. The summed E-state index contributed by atoms with van der Waals surface area (Å²) < 4.78 is 0. The normalized spacial score (nSPS) is 19.5. The molecule has 0 aromatic carbocycles. The Morgan fingerprint density at radius 1 is 1.19 bits per heavy atom. The minimum Gasteiger partial charge on any atom is -0.333 e. The molecule has 16 heavy (non-hydrogen) atoms. The summed E-state index contributed by atoms with van der Waals surface area (Å²) >= 11 is 0. The minimum atomic E-state index is 1.12. The maximum Gasteiger partial charge on any atom is 0.136 e. The second kappa shape index (κ2) is 3.62. The molecule has 0 amide bonds. The Balaban J connectivity index is 2.07. The first-order valence-electron chi connectivity index (χ1n) is 6.17. The van der Waals surface area contributed by atoms with Gasteiger partial charge in [-0.2, -0.15) is 0 Å². The minimum absolute atomic E-state index is 1.12. The van der Waals surface area contributed by atoms with E-state index in [1.165, 1.54) is 42.8 Å². The van der Waals surface area contributed by atoms with E-state index in [0.717, 1.165) is 12.1 Å². The van der Waals surface area contributed by atoms with E-state index in [-0.39, 0.29) is 0 Å². The van der Waals surface area contributed by atoms with E-state index >= 15 is 0 Å². The van der Waals surface area contributed by atoms with Gasteiger partial charge in [0, 0.05) is 18.4 Å². The van der Waals surface area contributed by atoms with Gasteiger partial charge in [-0.05, 0) is 56.2 Å². The highest BCUT2D eigenvalue weighted by Crippen LogP contribution is 2.37. The number of fused-ring (bicyclic) bond motifs is 1. The molecule has 0 saturated carbocycles. The van der Waals surface area contributed by atoms with E-state index in [4.69, 9.17) is 0 Å². The van der Waals surface area contributed by atoms with E-state index in [1.54, 1.807) is 5.57 Å². The summed E-state index contributed by atoms with van der Waals surface area (Å²) in [6.07, 6.45) is 6.35. The van der Waals surface area contributed by atoms with Gasteiger partial charge in [0.15, 0.2) is 0 Å². The predicted octanol–water partition coefficient (Wildman–Crippen LogP) is 3.21. The second-order valence-corrected chi connectivity index (χ2v) is 4.93. The molecule has 2 heteroatoms. The Bertz CT molecular complexity index is 460. The number of pyridine rings is 1. The van der Waals surface area contributed by atoms with Crippen molar-refractivity contribution < 1.29 is 0 Å². The Kier molecular flexibility index (Phi) is 2.23. The second-order valence-electron chi connectivity index (χ2n) is 4.93. The summed E-state index contributed by atoms with van der Waals surface area (Å²) in [5.41, 5.74) is 5.70. The van der Waals surface area contributed by atoms with Gasteiger partial charge in [0.25, 0.3) is 0 Å². The highest BCUT2D eigenvalue weighted by molar-refractivity contribution is 5.58. The molecule has 2 aliphatic rings. The van der Waals surface area contributed by atoms with Crippen LogP contribution in [0.25, 0.3) is 0 Å². The zero-order chi connectivity index (χ0) is 11.1. The monoisotopic (exact) mass is 214 g/mol. The fourth-order valence-corrected chi connectivity index (χ4v) is 2.91. The van der Waals surface area contributed by atoms with E-state index in [2.05, 4.69) is 36.0 Å². The molecule has 1 aromatic heterocycles. The number of hydrogen-bond acceptors (Lipinski definition) is 2. The van der Waals surface area contributed by atoms with E-state index < -0.39 is 0 Å². The molecule has 3 rings (SSSR count). The maximum absolute atomic E-state index is 4.68. The fraction of sp³-hybridized carbons (Fsp3) is 0.500. The molecule has 0 N–H and O–H groups in total. The van der Waals surface area contributed by atoms with E-state index in [1.807, 2.05) is 0 Å². The van der Waals surface area contributed by atoms with Crippen LogP contribution in [-0.4, -0.2) is 12.0 Å². The van der Waals surface area contributed by atoms with Crippen LogP contribution in [0.4, 0.5) is 5.82 Å². The lowest BCUT2D eigenvalue weighted by molar-refractivity contribution is 0.633. The number of hydrogen-bond donors (Lipinski definition) is 0. The molecule has 2 heterocycles. The third kappa shape index (κ3) is 1.44. The smallest absolute Gasteiger partial charge is 0.136 e. The Morgan fingerprint density at radius 2 is 2.00 bits per heavy atom. The molecule has 0 spiro atoms. The van der Waals surface area contributed by atoms with Crippen LogP contribution in [0, 0.1) is 6.92 Å². The molecule has 2 nitrogen and oxygen atoms in total. The summed E-state index contributed by atoms with van der Waals surface area (Å²) in [7, 11) is 2.17. The SMILES string of the molecule is Cc1ccc2c(n1)N(C)C1=C(CCCC1)C2. The molecule has 0 unspecified atom stereocenters. The first-order chi connectivity index (χ1) is 7.75. The van der Waals surface area contributed by atoms with Crippen molar-refractivity contribution in [1.82, 2.24) is 4.98 Å². The average Bonchev–Trinajstić information content (AvgIpc) is 2.31. The molecule has 0 fully saturated rings. The third-order valence-electron chi connectivity index (χ3n) is 3.77. The van der Waals surface area contributed by atoms with Crippen molar-refractivity contribution in [3.8, 4) is 0 Å². The van der Waals surface area contributed by atoms with Crippen LogP contribution >= 0.6 is 0 Å². The molecular weight excluding hydrogens is 196 g/mol. The lowest BCUT2D eigenvalue weighted by atomic mass is 9.88. The molecule has 0 saturated heterocycles. The molecule has 1 aliphatic heterocycles. The number of aryl methyl sites for hydroxylation is 1. The topological polar surface area (TPSA) is 16.1 Å². The van der Waals surface area contributed by atoms with Crippen molar-refractivity contribution in [2.75, 3.05) is 11.9 Å². The highest BCUT2D eigenvalue weighted by atomic mass is 15.2. The molecule has 0 radical (unpaired) electrons. The van der Waals surface area contributed by atoms with Gasteiger partial charge >= 0.3 is 0 Å². The number of nitrogens with zero attached hydrogens (tertiary/aromatic N) is 2. The van der Waals surface area contributed by atoms with E-state index in [9.17, 15) is 0 Å². The van der Waals surface area contributed by atoms with Crippen molar-refractivity contribution >= 4 is 5.82 Å². The lowest BCUT2D eigenvalue weighted by Crippen LogP contribution is -2.27. The van der Waals surface area contributed by atoms with Crippen LogP contribution in [-0.2, 0) is 6.42 Å². The molecule has 1 aliphatic carbocycles. The number of anilines is 1. The molecule has 84 valence electrons. The van der Waals surface area contributed by atoms with Crippen LogP contribution < -0.4 is 4.90 Å². The van der Waals surface area contributed by atoms with Gasteiger partial charge in [-0.25, -0.2) is 4.98 Å². The average molecular weight is 214 g/mol. The van der Waals surface area contributed by atoms with Crippen LogP contribution in [0.2, 0.25) is 0 Å². The molecule has 0 bridgehead atoms. The molecule has 0 atom stereocenters. The maximum atomic E-state index is 4.68. The summed E-state index contributed by atoms with van der Waals surface area (Å²) in [5, 5.41) is 0. The van der Waals surface area contributed by atoms with Gasteiger partial charge in [0.1, 0.15) is 5.82 Å². The van der Waals surface area contributed by atoms with Gasteiger partial charge in [0.2, 0.25) is 0 Å². The summed E-state index contributed by atoms with van der Waals surface area (Å²) in [4.78, 5) is 7.00. The van der Waals surface area contributed by atoms with Crippen molar-refractivity contribution in [2.24, 2.45) is 0 Å². The fourth-order valence-electron chi connectivity index (χ4n) is 2.91. The van der Waals surface area contributed by atoms with Crippen LogP contribution in [0.5, 0.6) is 0 Å². The Morgan fingerprint density at radius 3 is 2.88 bits per heavy atom. The number of rotatable bonds is 0. The summed E-state index contributed by atoms with van der Waals surface area (Å²) in [6, 6.07) is 4.37. The van der Waals surface area contributed by atoms with Crippen LogP contribution in [0.3, 0.4) is 0 Å². The zero-order valence-electron chi connectivity index (χ0n) is 10.1. The highest BCUT2D eigenvalue weighted by Gasteiger charge is 2.25. The van der Waals surface area contributed by atoms with Crippen molar-refractivity contribution in [3.63, 3.8) is 0 Å². The van der Waals surface area contributed by atoms with Crippen LogP contribution in [0.1, 0.15) is 36.9 Å². The van der Waals surface area contributed by atoms with Gasteiger partial charge in [0.05, 0.1) is 0 Å². The van der Waals surface area contributed by atoms with Gasteiger partial charge < -0.3 is 4.90 Å². The summed E-state index contributed by atoms with van der Waals surface area (Å²) in [6.45, 7) is 2.07. The quantitative estimate of drug-likeness (QED) is 0.659. The first kappa shape index (κ1) is 9.88. The number of allylic oxidation sites excluding steroid dienone is 2. The summed E-state index contributed by atoms with van der Waals surface area (Å²) in [5.74, 6) is 1.18. The van der Waals surface area contributed by atoms with Crippen molar-refractivity contribution in [1.29, 1.82) is 0 Å². The van der Waals surface area contributed by atoms with E-state index in [0.29, 0.717) is 0 Å². The molecular formula is C14H18N2. The van der Waals surface area contributed by atoms with Crippen molar-refractivity contribution in [2.45, 2.75) is 39.0 Å². The Hall–Kier alpha value is -1.31.